The zero-order chi connectivity index (χ0) is 10.4. The Morgan fingerprint density at radius 3 is 2.64 bits per heavy atom. The Morgan fingerprint density at radius 2 is 2.07 bits per heavy atom. The van der Waals surface area contributed by atoms with Crippen LogP contribution in [0.5, 0.6) is 5.75 Å². The molecule has 1 aromatic carbocycles. The van der Waals surface area contributed by atoms with E-state index in [0.29, 0.717) is 18.3 Å². The molecule has 0 spiro atoms. The molecule has 14 heavy (non-hydrogen) atoms. The number of terminal acetylenes is 1. The van der Waals surface area contributed by atoms with Crippen molar-refractivity contribution in [1.82, 2.24) is 5.32 Å². The normalized spacial score (nSPS) is 12.0. The molecule has 1 unspecified atom stereocenters. The van der Waals surface area contributed by atoms with E-state index in [2.05, 4.69) is 18.2 Å². The number of nitrogens with one attached hydrogen (secondary N) is 1. The fourth-order valence-electron chi connectivity index (χ4n) is 1.29. The average Bonchev–Trinajstić information content (AvgIpc) is 2.18. The molecule has 0 aromatic heterocycles. The maximum absolute atomic E-state index is 9.09. The maximum Gasteiger partial charge on any atom is 0.115 e. The van der Waals surface area contributed by atoms with Gasteiger partial charge in [-0.25, -0.2) is 0 Å². The Labute approximate surface area is 85.0 Å². The van der Waals surface area contributed by atoms with Crippen LogP contribution in [0.25, 0.3) is 0 Å². The summed E-state index contributed by atoms with van der Waals surface area (Å²) < 4.78 is 0. The number of benzene rings is 1. The van der Waals surface area contributed by atoms with Gasteiger partial charge in [-0.3, -0.25) is 0 Å². The van der Waals surface area contributed by atoms with Gasteiger partial charge >= 0.3 is 0 Å². The molecule has 1 aromatic rings. The lowest BCUT2D eigenvalue weighted by atomic mass is 10.1. The second-order valence-corrected chi connectivity index (χ2v) is 3.36. The highest BCUT2D eigenvalue weighted by molar-refractivity contribution is 5.26. The molecule has 74 valence electrons. The summed E-state index contributed by atoms with van der Waals surface area (Å²) in [4.78, 5) is 0. The van der Waals surface area contributed by atoms with Crippen LogP contribution in [-0.4, -0.2) is 17.7 Å². The Balaban J connectivity index is 2.44. The van der Waals surface area contributed by atoms with Crippen molar-refractivity contribution in [2.75, 3.05) is 6.54 Å². The second-order valence-electron chi connectivity index (χ2n) is 3.36. The van der Waals surface area contributed by atoms with Crippen molar-refractivity contribution in [3.8, 4) is 18.1 Å². The number of aromatic hydroxyl groups is 1. The van der Waals surface area contributed by atoms with Crippen LogP contribution < -0.4 is 5.32 Å². The van der Waals surface area contributed by atoms with Crippen LogP contribution in [0.4, 0.5) is 0 Å². The second kappa shape index (κ2) is 5.31. The van der Waals surface area contributed by atoms with Crippen LogP contribution in [0.15, 0.2) is 24.3 Å². The van der Waals surface area contributed by atoms with Gasteiger partial charge in [-0.05, 0) is 31.0 Å². The summed E-state index contributed by atoms with van der Waals surface area (Å²) in [5.41, 5.74) is 1.19. The molecule has 0 fully saturated rings. The molecule has 1 atom stereocenters. The standard InChI is InChI=1S/C12H15NO/c1-3-8-13-10(2)9-11-4-6-12(14)7-5-11/h1,4-7,10,13-14H,8-9H2,2H3. The largest absolute Gasteiger partial charge is 0.508 e. The molecule has 0 aliphatic carbocycles. The molecule has 2 N–H and O–H groups in total. The SMILES string of the molecule is C#CCNC(C)Cc1ccc(O)cc1. The van der Waals surface area contributed by atoms with Gasteiger partial charge in [0.25, 0.3) is 0 Å². The quantitative estimate of drug-likeness (QED) is 0.704. The third-order valence-corrected chi connectivity index (χ3v) is 2.03. The van der Waals surface area contributed by atoms with Crippen molar-refractivity contribution >= 4 is 0 Å². The van der Waals surface area contributed by atoms with Crippen molar-refractivity contribution in [1.29, 1.82) is 0 Å². The van der Waals surface area contributed by atoms with Crippen LogP contribution in [0.1, 0.15) is 12.5 Å². The summed E-state index contributed by atoms with van der Waals surface area (Å²) in [7, 11) is 0. The van der Waals surface area contributed by atoms with Gasteiger partial charge in [-0.15, -0.1) is 6.42 Å². The Morgan fingerprint density at radius 1 is 1.43 bits per heavy atom. The number of rotatable bonds is 4. The van der Waals surface area contributed by atoms with Crippen molar-refractivity contribution in [3.63, 3.8) is 0 Å². The molecule has 0 saturated heterocycles. The molecule has 0 amide bonds. The lowest BCUT2D eigenvalue weighted by Gasteiger charge is -2.11. The van der Waals surface area contributed by atoms with Crippen LogP contribution in [0, 0.1) is 12.3 Å². The molecule has 2 nitrogen and oxygen atoms in total. The van der Waals surface area contributed by atoms with Crippen molar-refractivity contribution in [2.24, 2.45) is 0 Å². The maximum atomic E-state index is 9.09. The summed E-state index contributed by atoms with van der Waals surface area (Å²) in [6.45, 7) is 2.68. The first kappa shape index (κ1) is 10.6. The Kier molecular flexibility index (Phi) is 4.03. The number of phenolic OH excluding ortho intramolecular Hbond substituents is 1. The van der Waals surface area contributed by atoms with Crippen LogP contribution in [-0.2, 0) is 6.42 Å². The zero-order valence-corrected chi connectivity index (χ0v) is 8.33. The highest BCUT2D eigenvalue weighted by Gasteiger charge is 2.01. The fourth-order valence-corrected chi connectivity index (χ4v) is 1.29. The molecule has 0 bridgehead atoms. The lowest BCUT2D eigenvalue weighted by molar-refractivity contribution is 0.475. The van der Waals surface area contributed by atoms with Crippen molar-refractivity contribution in [3.05, 3.63) is 29.8 Å². The highest BCUT2D eigenvalue weighted by atomic mass is 16.3. The summed E-state index contributed by atoms with van der Waals surface area (Å²) in [6, 6.07) is 7.59. The number of hydrogen-bond acceptors (Lipinski definition) is 2. The van der Waals surface area contributed by atoms with Crippen LogP contribution >= 0.6 is 0 Å². The first-order chi connectivity index (χ1) is 6.72. The fraction of sp³-hybridized carbons (Fsp3) is 0.333. The first-order valence-corrected chi connectivity index (χ1v) is 4.67. The van der Waals surface area contributed by atoms with Gasteiger partial charge in [0.1, 0.15) is 5.75 Å². The molecule has 0 aliphatic rings. The van der Waals surface area contributed by atoms with Crippen molar-refractivity contribution < 1.29 is 5.11 Å². The zero-order valence-electron chi connectivity index (χ0n) is 8.33. The van der Waals surface area contributed by atoms with Crippen LogP contribution in [0.3, 0.4) is 0 Å². The monoisotopic (exact) mass is 189 g/mol. The first-order valence-electron chi connectivity index (χ1n) is 4.67. The van der Waals surface area contributed by atoms with Gasteiger partial charge in [0, 0.05) is 6.04 Å². The van der Waals surface area contributed by atoms with E-state index in [1.54, 1.807) is 12.1 Å². The van der Waals surface area contributed by atoms with E-state index >= 15 is 0 Å². The minimum absolute atomic E-state index is 0.304. The minimum atomic E-state index is 0.304. The van der Waals surface area contributed by atoms with Crippen LogP contribution in [0.2, 0.25) is 0 Å². The summed E-state index contributed by atoms with van der Waals surface area (Å²) in [5.74, 6) is 2.85. The van der Waals surface area contributed by atoms with E-state index < -0.39 is 0 Å². The van der Waals surface area contributed by atoms with E-state index in [-0.39, 0.29) is 0 Å². The highest BCUT2D eigenvalue weighted by Crippen LogP contribution is 2.10. The Hall–Kier alpha value is -1.46. The summed E-state index contributed by atoms with van der Waals surface area (Å²) >= 11 is 0. The third-order valence-electron chi connectivity index (χ3n) is 2.03. The number of hydrogen-bond donors (Lipinski definition) is 2. The molecular weight excluding hydrogens is 174 g/mol. The molecule has 0 radical (unpaired) electrons. The molecule has 0 aliphatic heterocycles. The van der Waals surface area contributed by atoms with E-state index in [9.17, 15) is 0 Å². The topological polar surface area (TPSA) is 32.3 Å². The van der Waals surface area contributed by atoms with Gasteiger partial charge < -0.3 is 10.4 Å². The van der Waals surface area contributed by atoms with E-state index in [1.165, 1.54) is 5.56 Å². The van der Waals surface area contributed by atoms with Gasteiger partial charge in [0.05, 0.1) is 6.54 Å². The molecule has 0 heterocycles. The number of phenols is 1. The predicted molar refractivity (Wildman–Crippen MR) is 58.1 cm³/mol. The van der Waals surface area contributed by atoms with Gasteiger partial charge in [0.15, 0.2) is 0 Å². The van der Waals surface area contributed by atoms with Gasteiger partial charge in [-0.2, -0.15) is 0 Å². The predicted octanol–water partition coefficient (Wildman–Crippen LogP) is 1.55. The molecule has 1 rings (SSSR count). The Bertz CT molecular complexity index is 310. The van der Waals surface area contributed by atoms with Gasteiger partial charge in [-0.1, -0.05) is 18.1 Å². The molecular formula is C12H15NO. The summed E-state index contributed by atoms with van der Waals surface area (Å²) in [5, 5.41) is 12.3. The lowest BCUT2D eigenvalue weighted by Crippen LogP contribution is -2.28. The molecule has 2 heteroatoms. The van der Waals surface area contributed by atoms with E-state index in [4.69, 9.17) is 11.5 Å². The van der Waals surface area contributed by atoms with E-state index in [0.717, 1.165) is 6.42 Å². The summed E-state index contributed by atoms with van der Waals surface area (Å²) in [6.07, 6.45) is 6.06. The smallest absolute Gasteiger partial charge is 0.115 e. The molecule has 0 saturated carbocycles. The third kappa shape index (κ3) is 3.51. The van der Waals surface area contributed by atoms with Gasteiger partial charge in [0.2, 0.25) is 0 Å². The van der Waals surface area contributed by atoms with Crippen molar-refractivity contribution in [2.45, 2.75) is 19.4 Å². The minimum Gasteiger partial charge on any atom is -0.508 e. The van der Waals surface area contributed by atoms with E-state index in [1.807, 2.05) is 12.1 Å². The average molecular weight is 189 g/mol.